The molecule has 1 unspecified atom stereocenters. The molecule has 0 rings (SSSR count). The first kappa shape index (κ1) is 53.8. The minimum atomic E-state index is -1.12. The van der Waals surface area contributed by atoms with Gasteiger partial charge in [-0.3, -0.25) is 19.2 Å². The maximum Gasteiger partial charge on any atom is 0.261 e. The molecule has 0 heterocycles. The van der Waals surface area contributed by atoms with Crippen LogP contribution in [0, 0.1) is 0 Å². The Balaban J connectivity index is 4.44. The summed E-state index contributed by atoms with van der Waals surface area (Å²) < 4.78 is 11.0. The number of carbonyl (C=O) groups excluding carboxylic acids is 4. The van der Waals surface area contributed by atoms with Crippen molar-refractivity contribution in [3.63, 3.8) is 0 Å². The molecular formula is C46H90N4O6. The van der Waals surface area contributed by atoms with Crippen LogP contribution in [-0.2, 0) is 28.7 Å². The Labute approximate surface area is 345 Å². The van der Waals surface area contributed by atoms with Crippen LogP contribution in [0.2, 0.25) is 0 Å². The Bertz CT molecular complexity index is 903. The van der Waals surface area contributed by atoms with Gasteiger partial charge in [0.15, 0.2) is 0 Å². The summed E-state index contributed by atoms with van der Waals surface area (Å²) in [6.45, 7) is 12.6. The molecule has 1 atom stereocenters. The molecule has 0 saturated carbocycles. The first-order valence-corrected chi connectivity index (χ1v) is 23.6. The summed E-state index contributed by atoms with van der Waals surface area (Å²) in [4.78, 5) is 55.6. The van der Waals surface area contributed by atoms with Crippen LogP contribution in [0.4, 0.5) is 0 Å². The zero-order valence-electron chi connectivity index (χ0n) is 37.4. The Morgan fingerprint density at radius 3 is 1.21 bits per heavy atom. The standard InChI is InChI=1S/C46H90N4O6/c1-6-10-14-18-24-30-36-49(37-31-25-19-15-11-7-2)43(52)41-56-40-42(51)47-34-28-22-23-29-35-48-45(53)44(55-5)46(54)50(38-32-26-20-16-12-8-3)39-33-27-21-17-13-9-4/h44H,6-41H2,1-5H3,(H,47,51)(H,48,53). The summed E-state index contributed by atoms with van der Waals surface area (Å²) in [5, 5.41) is 5.81. The predicted octanol–water partition coefficient (Wildman–Crippen LogP) is 9.91. The average molecular weight is 795 g/mol. The molecule has 4 amide bonds. The van der Waals surface area contributed by atoms with Gasteiger partial charge in [0, 0.05) is 46.4 Å². The number of carbonyl (C=O) groups is 4. The van der Waals surface area contributed by atoms with Crippen LogP contribution in [0.15, 0.2) is 0 Å². The SMILES string of the molecule is CCCCCCCCN(CCCCCCCC)C(=O)COCC(=O)NCCCCCCNC(=O)C(OC)C(=O)N(CCCCCCCC)CCCCCCCC. The fourth-order valence-corrected chi connectivity index (χ4v) is 7.02. The maximum absolute atomic E-state index is 13.5. The Hall–Kier alpha value is -2.20. The zero-order chi connectivity index (χ0) is 41.3. The minimum Gasteiger partial charge on any atom is -0.362 e. The summed E-state index contributed by atoms with van der Waals surface area (Å²) in [6.07, 6.45) is 30.4. The molecule has 0 bridgehead atoms. The second kappa shape index (κ2) is 41.0. The zero-order valence-corrected chi connectivity index (χ0v) is 37.4. The molecule has 0 saturated heterocycles. The molecule has 2 N–H and O–H groups in total. The summed E-state index contributed by atoms with van der Waals surface area (Å²) in [5.74, 6) is -0.824. The van der Waals surface area contributed by atoms with Crippen molar-refractivity contribution in [2.75, 3.05) is 59.6 Å². The van der Waals surface area contributed by atoms with Crippen LogP contribution in [0.5, 0.6) is 0 Å². The van der Waals surface area contributed by atoms with Gasteiger partial charge >= 0.3 is 0 Å². The fraction of sp³-hybridized carbons (Fsp3) is 0.913. The number of amides is 4. The molecule has 56 heavy (non-hydrogen) atoms. The van der Waals surface area contributed by atoms with Gasteiger partial charge in [0.05, 0.1) is 0 Å². The van der Waals surface area contributed by atoms with Gasteiger partial charge in [-0.05, 0) is 38.5 Å². The summed E-state index contributed by atoms with van der Waals surface area (Å²) in [6, 6.07) is 0. The lowest BCUT2D eigenvalue weighted by molar-refractivity contribution is -0.150. The molecule has 0 aromatic heterocycles. The topological polar surface area (TPSA) is 117 Å². The predicted molar refractivity (Wildman–Crippen MR) is 233 cm³/mol. The molecule has 0 aliphatic rings. The van der Waals surface area contributed by atoms with Crippen LogP contribution >= 0.6 is 0 Å². The first-order chi connectivity index (χ1) is 27.4. The van der Waals surface area contributed by atoms with Gasteiger partial charge in [-0.25, -0.2) is 0 Å². The van der Waals surface area contributed by atoms with Gasteiger partial charge in [0.25, 0.3) is 11.8 Å². The van der Waals surface area contributed by atoms with Crippen LogP contribution in [0.1, 0.15) is 207 Å². The second-order valence-corrected chi connectivity index (χ2v) is 15.9. The third kappa shape index (κ3) is 31.8. The third-order valence-electron chi connectivity index (χ3n) is 10.7. The number of unbranched alkanes of at least 4 members (excludes halogenated alkanes) is 23. The van der Waals surface area contributed by atoms with E-state index >= 15 is 0 Å². The Morgan fingerprint density at radius 2 is 0.804 bits per heavy atom. The lowest BCUT2D eigenvalue weighted by Gasteiger charge is -2.26. The van der Waals surface area contributed by atoms with Crippen molar-refractivity contribution >= 4 is 23.6 Å². The average Bonchev–Trinajstić information content (AvgIpc) is 3.19. The van der Waals surface area contributed by atoms with Crippen LogP contribution in [0.25, 0.3) is 0 Å². The molecule has 0 radical (unpaired) electrons. The van der Waals surface area contributed by atoms with Gasteiger partial charge in [-0.15, -0.1) is 0 Å². The number of ether oxygens (including phenoxy) is 2. The van der Waals surface area contributed by atoms with E-state index < -0.39 is 6.10 Å². The number of nitrogens with zero attached hydrogens (tertiary/aromatic N) is 2. The lowest BCUT2D eigenvalue weighted by Crippen LogP contribution is -2.49. The maximum atomic E-state index is 13.5. The summed E-state index contributed by atoms with van der Waals surface area (Å²) in [5.41, 5.74) is 0. The molecule has 0 fully saturated rings. The highest BCUT2D eigenvalue weighted by molar-refractivity contribution is 6.03. The molecule has 0 aromatic carbocycles. The number of hydrogen-bond donors (Lipinski definition) is 2. The molecule has 10 heteroatoms. The van der Waals surface area contributed by atoms with Crippen molar-refractivity contribution in [1.29, 1.82) is 0 Å². The van der Waals surface area contributed by atoms with E-state index in [0.717, 1.165) is 90.1 Å². The molecule has 10 nitrogen and oxygen atoms in total. The van der Waals surface area contributed by atoms with E-state index in [0.29, 0.717) is 26.2 Å². The molecule has 0 aliphatic heterocycles. The molecular weight excluding hydrogens is 705 g/mol. The molecule has 0 spiro atoms. The largest absolute Gasteiger partial charge is 0.362 e. The van der Waals surface area contributed by atoms with E-state index in [1.807, 2.05) is 9.80 Å². The summed E-state index contributed by atoms with van der Waals surface area (Å²) >= 11 is 0. The highest BCUT2D eigenvalue weighted by atomic mass is 16.5. The molecule has 0 aromatic rings. The van der Waals surface area contributed by atoms with Crippen LogP contribution in [-0.4, -0.2) is 99.1 Å². The Morgan fingerprint density at radius 1 is 0.446 bits per heavy atom. The van der Waals surface area contributed by atoms with E-state index in [1.54, 1.807) is 0 Å². The van der Waals surface area contributed by atoms with Gasteiger partial charge in [-0.1, -0.05) is 169 Å². The van der Waals surface area contributed by atoms with Crippen molar-refractivity contribution in [3.05, 3.63) is 0 Å². The monoisotopic (exact) mass is 795 g/mol. The lowest BCUT2D eigenvalue weighted by atomic mass is 10.1. The third-order valence-corrected chi connectivity index (χ3v) is 10.7. The number of hydrogen-bond acceptors (Lipinski definition) is 6. The summed E-state index contributed by atoms with van der Waals surface area (Å²) in [7, 11) is 1.44. The number of rotatable bonds is 42. The van der Waals surface area contributed by atoms with Crippen LogP contribution in [0.3, 0.4) is 0 Å². The van der Waals surface area contributed by atoms with E-state index in [4.69, 9.17) is 9.47 Å². The van der Waals surface area contributed by atoms with Crippen molar-refractivity contribution < 1.29 is 28.7 Å². The quantitative estimate of drug-likeness (QED) is 0.0470. The van der Waals surface area contributed by atoms with Crippen molar-refractivity contribution in [3.8, 4) is 0 Å². The number of methoxy groups -OCH3 is 1. The van der Waals surface area contributed by atoms with E-state index in [-0.39, 0.29) is 36.8 Å². The smallest absolute Gasteiger partial charge is 0.261 e. The minimum absolute atomic E-state index is 0.0214. The highest BCUT2D eigenvalue weighted by Crippen LogP contribution is 2.12. The number of nitrogens with one attached hydrogen (secondary N) is 2. The normalized spacial score (nSPS) is 11.7. The van der Waals surface area contributed by atoms with Gasteiger partial charge in [0.2, 0.25) is 17.9 Å². The second-order valence-electron chi connectivity index (χ2n) is 15.9. The molecule has 0 aliphatic carbocycles. The van der Waals surface area contributed by atoms with E-state index in [9.17, 15) is 19.2 Å². The van der Waals surface area contributed by atoms with Crippen molar-refractivity contribution in [2.24, 2.45) is 0 Å². The van der Waals surface area contributed by atoms with Crippen LogP contribution < -0.4 is 10.6 Å². The van der Waals surface area contributed by atoms with Crippen molar-refractivity contribution in [2.45, 2.75) is 214 Å². The highest BCUT2D eigenvalue weighted by Gasteiger charge is 2.30. The van der Waals surface area contributed by atoms with E-state index in [1.165, 1.54) is 110 Å². The molecule has 330 valence electrons. The first-order valence-electron chi connectivity index (χ1n) is 23.6. The van der Waals surface area contributed by atoms with Gasteiger partial charge in [-0.2, -0.15) is 0 Å². The van der Waals surface area contributed by atoms with Crippen molar-refractivity contribution in [1.82, 2.24) is 20.4 Å². The fourth-order valence-electron chi connectivity index (χ4n) is 7.02. The van der Waals surface area contributed by atoms with Gasteiger partial charge in [0.1, 0.15) is 13.2 Å². The van der Waals surface area contributed by atoms with E-state index in [2.05, 4.69) is 38.3 Å². The Kier molecular flexibility index (Phi) is 39.4. The van der Waals surface area contributed by atoms with Gasteiger partial charge < -0.3 is 29.9 Å².